The first-order valence-electron chi connectivity index (χ1n) is 13.2. The number of primary amides is 1. The molecule has 0 radical (unpaired) electrons. The Bertz CT molecular complexity index is 1130. The lowest BCUT2D eigenvalue weighted by Crippen LogP contribution is -2.55. The monoisotopic (exact) mass is 540 g/mol. The van der Waals surface area contributed by atoms with Crippen LogP contribution in [-0.4, -0.2) is 76.1 Å². The highest BCUT2D eigenvalue weighted by Crippen LogP contribution is 2.16. The number of nitrogens with one attached hydrogen (secondary N) is 2. The summed E-state index contributed by atoms with van der Waals surface area (Å²) < 4.78 is 0. The Morgan fingerprint density at radius 1 is 0.872 bits per heavy atom. The van der Waals surface area contributed by atoms with Gasteiger partial charge in [-0.1, -0.05) is 44.2 Å². The van der Waals surface area contributed by atoms with Crippen LogP contribution in [0.5, 0.6) is 0 Å². The van der Waals surface area contributed by atoms with E-state index in [1.807, 2.05) is 44.2 Å². The Kier molecular flexibility index (Phi) is 12.1. The first kappa shape index (κ1) is 31.5. The zero-order chi connectivity index (χ0) is 29.1. The second kappa shape index (κ2) is 15.0. The molecule has 4 amide bonds. The van der Waals surface area contributed by atoms with Crippen molar-refractivity contribution in [3.63, 3.8) is 0 Å². The molecule has 0 fully saturated rings. The minimum absolute atomic E-state index is 0.00146. The lowest BCUT2D eigenvalue weighted by Gasteiger charge is -2.31. The molecule has 0 unspecified atom stereocenters. The van der Waals surface area contributed by atoms with E-state index in [-0.39, 0.29) is 34.9 Å². The van der Waals surface area contributed by atoms with E-state index in [0.29, 0.717) is 13.1 Å². The fourth-order valence-corrected chi connectivity index (χ4v) is 4.38. The smallest absolute Gasteiger partial charge is 0.253 e. The summed E-state index contributed by atoms with van der Waals surface area (Å²) >= 11 is 0. The van der Waals surface area contributed by atoms with Gasteiger partial charge >= 0.3 is 0 Å². The average molecular weight is 541 g/mol. The van der Waals surface area contributed by atoms with E-state index in [1.54, 1.807) is 11.8 Å². The third-order valence-corrected chi connectivity index (χ3v) is 6.32. The second-order valence-corrected chi connectivity index (χ2v) is 9.70. The van der Waals surface area contributed by atoms with Crippen LogP contribution in [0, 0.1) is 0 Å². The van der Waals surface area contributed by atoms with Gasteiger partial charge in [-0.15, -0.1) is 0 Å². The van der Waals surface area contributed by atoms with E-state index in [9.17, 15) is 29.4 Å². The van der Waals surface area contributed by atoms with E-state index in [4.69, 9.17) is 5.73 Å². The molecule has 0 heterocycles. The third-order valence-electron chi connectivity index (χ3n) is 6.32. The molecule has 2 aromatic carbocycles. The predicted octanol–water partition coefficient (Wildman–Crippen LogP) is 1.64. The number of amides is 4. The van der Waals surface area contributed by atoms with Gasteiger partial charge in [0, 0.05) is 36.7 Å². The first-order chi connectivity index (χ1) is 18.5. The zero-order valence-corrected chi connectivity index (χ0v) is 23.0. The number of hydrogen-bond donors (Lipinski definition) is 5. The number of rotatable bonds is 14. The van der Waals surface area contributed by atoms with E-state index < -0.39 is 36.1 Å². The summed E-state index contributed by atoms with van der Waals surface area (Å²) in [6.07, 6.45) is -1.20. The maximum Gasteiger partial charge on any atom is 0.253 e. The van der Waals surface area contributed by atoms with E-state index in [1.165, 1.54) is 25.1 Å². The van der Waals surface area contributed by atoms with Gasteiger partial charge in [0.1, 0.15) is 12.2 Å². The number of carbonyl (C=O) groups excluding carboxylic acids is 4. The molecule has 0 saturated carbocycles. The quantitative estimate of drug-likeness (QED) is 0.245. The van der Waals surface area contributed by atoms with Crippen molar-refractivity contribution in [3.8, 4) is 0 Å². The van der Waals surface area contributed by atoms with Crippen LogP contribution >= 0.6 is 0 Å². The van der Waals surface area contributed by atoms with Gasteiger partial charge in [0.15, 0.2) is 0 Å². The summed E-state index contributed by atoms with van der Waals surface area (Å²) in [4.78, 5) is 51.8. The Morgan fingerprint density at radius 3 is 1.97 bits per heavy atom. The van der Waals surface area contributed by atoms with Gasteiger partial charge in [-0.05, 0) is 49.9 Å². The summed E-state index contributed by atoms with van der Waals surface area (Å²) in [6.45, 7) is 7.78. The Morgan fingerprint density at radius 2 is 1.44 bits per heavy atom. The molecule has 10 heteroatoms. The fourth-order valence-electron chi connectivity index (χ4n) is 4.38. The maximum atomic E-state index is 13.4. The van der Waals surface area contributed by atoms with E-state index >= 15 is 0 Å². The maximum absolute atomic E-state index is 13.4. The van der Waals surface area contributed by atoms with Crippen molar-refractivity contribution in [2.45, 2.75) is 71.2 Å². The van der Waals surface area contributed by atoms with Crippen LogP contribution in [0.1, 0.15) is 77.2 Å². The number of benzene rings is 2. The van der Waals surface area contributed by atoms with Crippen LogP contribution in [-0.2, 0) is 11.2 Å². The molecule has 0 aliphatic carbocycles. The topological polar surface area (TPSA) is 162 Å². The van der Waals surface area contributed by atoms with Crippen molar-refractivity contribution in [1.82, 2.24) is 15.5 Å². The summed E-state index contributed by atoms with van der Waals surface area (Å²) in [7, 11) is 0. The Hall–Kier alpha value is -3.76. The summed E-state index contributed by atoms with van der Waals surface area (Å²) in [6, 6.07) is 11.4. The lowest BCUT2D eigenvalue weighted by molar-refractivity contribution is -0.121. The molecule has 6 N–H and O–H groups in total. The number of aliphatic hydroxyl groups excluding tert-OH is 2. The minimum Gasteiger partial charge on any atom is -0.388 e. The number of hydrogen-bond acceptors (Lipinski definition) is 6. The van der Waals surface area contributed by atoms with E-state index in [2.05, 4.69) is 10.6 Å². The largest absolute Gasteiger partial charge is 0.388 e. The van der Waals surface area contributed by atoms with Crippen LogP contribution in [0.2, 0.25) is 0 Å². The fraction of sp³-hybridized carbons (Fsp3) is 0.448. The van der Waals surface area contributed by atoms with Gasteiger partial charge in [-0.2, -0.15) is 0 Å². The highest BCUT2D eigenvalue weighted by molar-refractivity contribution is 6.04. The van der Waals surface area contributed by atoms with Gasteiger partial charge in [0.2, 0.25) is 11.8 Å². The number of nitrogens with two attached hydrogens (primary N) is 1. The average Bonchev–Trinajstić information content (AvgIpc) is 2.91. The molecule has 0 bridgehead atoms. The van der Waals surface area contributed by atoms with Crippen molar-refractivity contribution in [2.24, 2.45) is 5.73 Å². The molecular formula is C29H40N4O6. The molecule has 212 valence electrons. The summed E-state index contributed by atoms with van der Waals surface area (Å²) in [5, 5.41) is 27.1. The molecule has 4 atom stereocenters. The molecule has 0 aliphatic heterocycles. The van der Waals surface area contributed by atoms with Gasteiger partial charge in [0.05, 0.1) is 12.1 Å². The SMILES string of the molecule is CCCN(CCC)C(=O)c1cc(C(N)=O)cc(C(=O)N[C@@H](Cc2ccccc2)[C@@H](O)[C@H](O)[C@@H](C)NC(C)=O)c1. The lowest BCUT2D eigenvalue weighted by atomic mass is 9.94. The van der Waals surface area contributed by atoms with Crippen molar-refractivity contribution in [1.29, 1.82) is 0 Å². The first-order valence-corrected chi connectivity index (χ1v) is 13.2. The summed E-state index contributed by atoms with van der Waals surface area (Å²) in [5.74, 6) is -2.16. The highest BCUT2D eigenvalue weighted by Gasteiger charge is 2.32. The predicted molar refractivity (Wildman–Crippen MR) is 148 cm³/mol. The normalized spacial score (nSPS) is 14.0. The number of nitrogens with zero attached hydrogens (tertiary/aromatic N) is 1. The Balaban J connectivity index is 2.42. The van der Waals surface area contributed by atoms with Crippen LogP contribution in [0.25, 0.3) is 0 Å². The van der Waals surface area contributed by atoms with Gasteiger partial charge in [-0.25, -0.2) is 0 Å². The van der Waals surface area contributed by atoms with Gasteiger partial charge in [0.25, 0.3) is 11.8 Å². The standard InChI is InChI=1S/C29H40N4O6/c1-5-12-33(13-6-2)29(39)23-16-21(27(30)37)15-22(17-23)28(38)32-24(14-20-10-8-7-9-11-20)26(36)25(35)18(3)31-19(4)34/h7-11,15-18,24-26,35-36H,5-6,12-14H2,1-4H3,(H2,30,37)(H,31,34)(H,32,38)/t18-,24+,25-,26-/m1/s1. The number of carbonyl (C=O) groups is 4. The highest BCUT2D eigenvalue weighted by atomic mass is 16.3. The molecule has 0 spiro atoms. The Labute approximate surface area is 229 Å². The molecule has 0 aromatic heterocycles. The van der Waals surface area contributed by atoms with Crippen molar-refractivity contribution >= 4 is 23.6 Å². The van der Waals surface area contributed by atoms with Gasteiger partial charge < -0.3 is 31.5 Å². The molecule has 2 aromatic rings. The van der Waals surface area contributed by atoms with Gasteiger partial charge in [-0.3, -0.25) is 19.2 Å². The summed E-state index contributed by atoms with van der Waals surface area (Å²) in [5.41, 5.74) is 6.46. The zero-order valence-electron chi connectivity index (χ0n) is 23.0. The number of aliphatic hydroxyl groups is 2. The molecule has 10 nitrogen and oxygen atoms in total. The van der Waals surface area contributed by atoms with Crippen LogP contribution in [0.3, 0.4) is 0 Å². The second-order valence-electron chi connectivity index (χ2n) is 9.70. The third kappa shape index (κ3) is 9.19. The van der Waals surface area contributed by atoms with Crippen molar-refractivity contribution < 1.29 is 29.4 Å². The molecule has 0 saturated heterocycles. The molecule has 0 aliphatic rings. The van der Waals surface area contributed by atoms with Crippen LogP contribution in [0.15, 0.2) is 48.5 Å². The molecule has 2 rings (SSSR count). The van der Waals surface area contributed by atoms with Crippen molar-refractivity contribution in [2.75, 3.05) is 13.1 Å². The van der Waals surface area contributed by atoms with Crippen LogP contribution in [0.4, 0.5) is 0 Å². The van der Waals surface area contributed by atoms with Crippen molar-refractivity contribution in [3.05, 3.63) is 70.8 Å². The minimum atomic E-state index is -1.46. The molecule has 39 heavy (non-hydrogen) atoms. The molecular weight excluding hydrogens is 500 g/mol. The van der Waals surface area contributed by atoms with E-state index in [0.717, 1.165) is 18.4 Å². The van der Waals surface area contributed by atoms with Crippen LogP contribution < -0.4 is 16.4 Å².